The average Bonchev–Trinajstić information content (AvgIpc) is 3.31. The van der Waals surface area contributed by atoms with Crippen LogP contribution in [-0.4, -0.2) is 78.3 Å². The summed E-state index contributed by atoms with van der Waals surface area (Å²) in [6, 6.07) is 2.25. The number of anilines is 3. The number of furan rings is 1. The van der Waals surface area contributed by atoms with Gasteiger partial charge in [-0.25, -0.2) is 9.59 Å². The molecule has 0 aliphatic carbocycles. The van der Waals surface area contributed by atoms with E-state index in [2.05, 4.69) is 25.9 Å². The molecule has 13 nitrogen and oxygen atoms in total. The highest BCUT2D eigenvalue weighted by Crippen LogP contribution is 2.38. The maximum absolute atomic E-state index is 14.1. The predicted octanol–water partition coefficient (Wildman–Crippen LogP) is 6.68. The highest BCUT2D eigenvalue weighted by molar-refractivity contribution is 6.16. The van der Waals surface area contributed by atoms with E-state index in [9.17, 15) is 27.6 Å². The highest BCUT2D eigenvalue weighted by Gasteiger charge is 2.45. The number of alkyl halides is 3. The summed E-state index contributed by atoms with van der Waals surface area (Å²) in [5.41, 5.74) is -0.346. The lowest BCUT2D eigenvalue weighted by Gasteiger charge is -2.40. The van der Waals surface area contributed by atoms with Crippen molar-refractivity contribution in [2.75, 3.05) is 42.3 Å². The van der Waals surface area contributed by atoms with Gasteiger partial charge in [-0.05, 0) is 78.5 Å². The molecule has 1 saturated heterocycles. The van der Waals surface area contributed by atoms with Gasteiger partial charge in [0, 0.05) is 39.2 Å². The second kappa shape index (κ2) is 14.9. The van der Waals surface area contributed by atoms with E-state index in [1.807, 2.05) is 0 Å². The van der Waals surface area contributed by atoms with Crippen LogP contribution in [0.4, 0.5) is 40.0 Å². The van der Waals surface area contributed by atoms with Gasteiger partial charge in [-0.3, -0.25) is 20.1 Å². The highest BCUT2D eigenvalue weighted by atomic mass is 19.4. The zero-order valence-corrected chi connectivity index (χ0v) is 28.6. The fraction of sp³-hybridized carbons (Fsp3) is 0.545. The van der Waals surface area contributed by atoms with Gasteiger partial charge in [0.15, 0.2) is 5.58 Å². The summed E-state index contributed by atoms with van der Waals surface area (Å²) in [5.74, 6) is -2.79. The molecular weight excluding hydrogens is 649 g/mol. The van der Waals surface area contributed by atoms with Crippen molar-refractivity contribution in [2.45, 2.75) is 84.2 Å². The number of hydrogen-bond acceptors (Lipinski definition) is 10. The van der Waals surface area contributed by atoms with Gasteiger partial charge in [0.05, 0.1) is 29.5 Å². The van der Waals surface area contributed by atoms with Gasteiger partial charge in [0.1, 0.15) is 22.3 Å². The van der Waals surface area contributed by atoms with E-state index < -0.39 is 54.0 Å². The Balaban J connectivity index is 1.66. The van der Waals surface area contributed by atoms with E-state index >= 15 is 0 Å². The molecule has 0 aromatic carbocycles. The number of methoxy groups -OCH3 is 1. The lowest BCUT2D eigenvalue weighted by Crippen LogP contribution is -2.54. The van der Waals surface area contributed by atoms with E-state index in [0.29, 0.717) is 19.4 Å². The van der Waals surface area contributed by atoms with Crippen LogP contribution in [0.2, 0.25) is 0 Å². The van der Waals surface area contributed by atoms with Crippen molar-refractivity contribution in [1.82, 2.24) is 15.3 Å². The van der Waals surface area contributed by atoms with Crippen LogP contribution in [0.1, 0.15) is 70.3 Å². The number of carbonyl (C=O) groups is 3. The minimum absolute atomic E-state index is 0.00774. The summed E-state index contributed by atoms with van der Waals surface area (Å²) in [6.45, 7) is 10.1. The average molecular weight is 693 g/mol. The zero-order valence-electron chi connectivity index (χ0n) is 28.6. The number of aromatic nitrogens is 2. The molecule has 0 radical (unpaired) electrons. The van der Waals surface area contributed by atoms with Gasteiger partial charge in [-0.2, -0.15) is 13.2 Å². The summed E-state index contributed by atoms with van der Waals surface area (Å²) < 4.78 is 64.0. The van der Waals surface area contributed by atoms with Crippen molar-refractivity contribution in [3.63, 3.8) is 0 Å². The Labute approximate surface area is 282 Å². The predicted molar refractivity (Wildman–Crippen MR) is 176 cm³/mol. The Morgan fingerprint density at radius 3 is 2.35 bits per heavy atom. The first-order valence-corrected chi connectivity index (χ1v) is 15.8. The number of ether oxygens (including phenoxy) is 3. The Morgan fingerprint density at radius 1 is 1.00 bits per heavy atom. The number of halogens is 3. The first kappa shape index (κ1) is 37.2. The van der Waals surface area contributed by atoms with Gasteiger partial charge >= 0.3 is 18.4 Å². The Bertz CT molecular complexity index is 1650. The van der Waals surface area contributed by atoms with Crippen molar-refractivity contribution in [2.24, 2.45) is 5.92 Å². The van der Waals surface area contributed by atoms with Crippen LogP contribution >= 0.6 is 0 Å². The summed E-state index contributed by atoms with van der Waals surface area (Å²) in [6.07, 6.45) is -1.04. The molecule has 0 saturated carbocycles. The third kappa shape index (κ3) is 10.4. The number of nitrogens with zero attached hydrogens (tertiary/aromatic N) is 3. The van der Waals surface area contributed by atoms with E-state index in [4.69, 9.17) is 18.6 Å². The molecule has 3 N–H and O–H groups in total. The van der Waals surface area contributed by atoms with Gasteiger partial charge < -0.3 is 34.2 Å². The molecule has 3 aromatic heterocycles. The molecule has 1 fully saturated rings. The SMILES string of the molecule is COCCCc1cnc2c(C(=O)Nc3cnccc3N3C[C@@H](NC(=O)OC(C)(C)C)C[C@@H](C(F)(F)F)C3)c(NC(=O)OC(C)(C)C)oc2c1. The van der Waals surface area contributed by atoms with Gasteiger partial charge in [-0.15, -0.1) is 0 Å². The van der Waals surface area contributed by atoms with Gasteiger partial charge in [0.2, 0.25) is 5.88 Å². The number of nitrogens with one attached hydrogen (secondary N) is 3. The molecule has 16 heteroatoms. The van der Waals surface area contributed by atoms with Crippen LogP contribution < -0.4 is 20.9 Å². The summed E-state index contributed by atoms with van der Waals surface area (Å²) >= 11 is 0. The fourth-order valence-electron chi connectivity index (χ4n) is 5.33. The van der Waals surface area contributed by atoms with Crippen molar-refractivity contribution in [3.8, 4) is 0 Å². The van der Waals surface area contributed by atoms with Crippen LogP contribution in [0.15, 0.2) is 35.1 Å². The second-order valence-electron chi connectivity index (χ2n) is 13.8. The summed E-state index contributed by atoms with van der Waals surface area (Å²) in [5, 5.41) is 7.76. The number of amides is 3. The van der Waals surface area contributed by atoms with Crippen LogP contribution in [0.5, 0.6) is 0 Å². The van der Waals surface area contributed by atoms with Gasteiger partial charge in [-0.1, -0.05) is 0 Å². The number of rotatable bonds is 9. The lowest BCUT2D eigenvalue weighted by molar-refractivity contribution is -0.177. The van der Waals surface area contributed by atoms with E-state index in [-0.39, 0.29) is 46.9 Å². The minimum atomic E-state index is -4.56. The molecule has 2 atom stereocenters. The third-order valence-electron chi connectivity index (χ3n) is 7.26. The number of pyridine rings is 2. The van der Waals surface area contributed by atoms with E-state index in [1.54, 1.807) is 60.9 Å². The van der Waals surface area contributed by atoms with E-state index in [1.165, 1.54) is 23.4 Å². The zero-order chi connectivity index (χ0) is 36.1. The molecule has 3 aromatic rings. The molecular formula is C33H43F3N6O7. The molecule has 4 heterocycles. The Hall–Kier alpha value is -4.60. The van der Waals surface area contributed by atoms with Crippen molar-refractivity contribution >= 4 is 46.5 Å². The number of alkyl carbamates (subject to hydrolysis) is 1. The van der Waals surface area contributed by atoms with Crippen molar-refractivity contribution in [1.29, 1.82) is 0 Å². The smallest absolute Gasteiger partial charge is 0.414 e. The van der Waals surface area contributed by atoms with Crippen LogP contribution in [0.25, 0.3) is 11.1 Å². The number of fused-ring (bicyclic) bond motifs is 1. The minimum Gasteiger partial charge on any atom is -0.444 e. The maximum Gasteiger partial charge on any atom is 0.414 e. The van der Waals surface area contributed by atoms with E-state index in [0.717, 1.165) is 5.56 Å². The molecule has 0 spiro atoms. The molecule has 49 heavy (non-hydrogen) atoms. The molecule has 4 rings (SSSR count). The maximum atomic E-state index is 14.1. The van der Waals surface area contributed by atoms with Gasteiger partial charge in [0.25, 0.3) is 5.91 Å². The molecule has 268 valence electrons. The number of hydrogen-bond donors (Lipinski definition) is 3. The number of piperidine rings is 1. The molecule has 3 amide bonds. The third-order valence-corrected chi connectivity index (χ3v) is 7.26. The number of aryl methyl sites for hydroxylation is 1. The van der Waals surface area contributed by atoms with Crippen LogP contribution in [0, 0.1) is 5.92 Å². The first-order chi connectivity index (χ1) is 22.8. The first-order valence-electron chi connectivity index (χ1n) is 15.8. The van der Waals surface area contributed by atoms with Crippen LogP contribution in [0.3, 0.4) is 0 Å². The Morgan fingerprint density at radius 2 is 1.69 bits per heavy atom. The van der Waals surface area contributed by atoms with Crippen molar-refractivity contribution in [3.05, 3.63) is 41.9 Å². The molecule has 0 unspecified atom stereocenters. The fourth-order valence-corrected chi connectivity index (χ4v) is 5.33. The molecule has 1 aliphatic rings. The lowest BCUT2D eigenvalue weighted by atomic mass is 9.93. The number of carbonyl (C=O) groups excluding carboxylic acids is 3. The molecule has 0 bridgehead atoms. The normalized spacial score (nSPS) is 17.1. The monoisotopic (exact) mass is 692 g/mol. The second-order valence-corrected chi connectivity index (χ2v) is 13.8. The van der Waals surface area contributed by atoms with Crippen molar-refractivity contribution < 1.29 is 46.2 Å². The largest absolute Gasteiger partial charge is 0.444 e. The van der Waals surface area contributed by atoms with Crippen LogP contribution in [-0.2, 0) is 20.6 Å². The standard InChI is InChI=1S/C33H43F3N6O7/c1-31(2,3)48-29(44)39-21-14-20(33(34,35)36)17-42(18-21)23-10-11-37-16-22(23)40-27(43)25-26-24(13-19(15-38-26)9-8-12-46-7)47-28(25)41-30(45)49-32(4,5)6/h10-11,13,15-16,20-21H,8-9,12,14,17-18H2,1-7H3,(H,39,44)(H,40,43)(H,41,45)/t20-,21+/m1/s1. The topological polar surface area (TPSA) is 157 Å². The quantitative estimate of drug-likeness (QED) is 0.207. The summed E-state index contributed by atoms with van der Waals surface area (Å²) in [4.78, 5) is 49.1. The molecule has 1 aliphatic heterocycles. The Kier molecular flexibility index (Phi) is 11.3. The summed E-state index contributed by atoms with van der Waals surface area (Å²) in [7, 11) is 1.60.